The van der Waals surface area contributed by atoms with E-state index < -0.39 is 129 Å². The molecule has 22 nitrogen and oxygen atoms in total. The Kier molecular flexibility index (Phi) is 26.1. The summed E-state index contributed by atoms with van der Waals surface area (Å²) in [5.74, 6) is 0. The number of halogens is 2. The highest BCUT2D eigenvalue weighted by molar-refractivity contribution is 7.47. The second-order valence-electron chi connectivity index (χ2n) is 10.8. The predicted octanol–water partition coefficient (Wildman–Crippen LogP) is -4.08. The maximum Gasteiger partial charge on any atom is 0.472 e. The van der Waals surface area contributed by atoms with Crippen molar-refractivity contribution >= 4 is 15.6 Å². The molecule has 0 saturated heterocycles. The lowest BCUT2D eigenvalue weighted by Gasteiger charge is -2.30. The number of hydrogen-bond donors (Lipinski definition) is 12. The van der Waals surface area contributed by atoms with Crippen LogP contribution >= 0.6 is 15.6 Å². The van der Waals surface area contributed by atoms with Crippen LogP contribution in [0.3, 0.4) is 0 Å². The number of nitrogens with two attached hydrogens (primary N) is 1. The summed E-state index contributed by atoms with van der Waals surface area (Å²) < 4.78 is 90.6. The van der Waals surface area contributed by atoms with Crippen molar-refractivity contribution in [3.63, 3.8) is 0 Å². The summed E-state index contributed by atoms with van der Waals surface area (Å²) in [5.41, 5.74) is 5.34. The van der Waals surface area contributed by atoms with Crippen LogP contribution in [0.4, 0.5) is 8.78 Å². The molecule has 0 fully saturated rings. The number of methoxy groups -OCH3 is 2. The smallest absolute Gasteiger partial charge is 0.394 e. The third-order valence-corrected chi connectivity index (χ3v) is 8.81. The first-order valence-electron chi connectivity index (χ1n) is 15.3. The minimum Gasteiger partial charge on any atom is -0.394 e. The van der Waals surface area contributed by atoms with Crippen molar-refractivity contribution in [1.29, 1.82) is 0 Å². The lowest BCUT2D eigenvalue weighted by Crippen LogP contribution is -2.46. The van der Waals surface area contributed by atoms with Gasteiger partial charge in [-0.15, -0.1) is 0 Å². The second kappa shape index (κ2) is 26.3. The van der Waals surface area contributed by atoms with Crippen molar-refractivity contribution < 1.29 is 111 Å². The van der Waals surface area contributed by atoms with Gasteiger partial charge in [0.15, 0.2) is 6.10 Å². The number of aliphatic hydroxyl groups excluding tert-OH is 9. The van der Waals surface area contributed by atoms with Gasteiger partial charge < -0.3 is 80.4 Å². The zero-order valence-corrected chi connectivity index (χ0v) is 29.7. The van der Waals surface area contributed by atoms with Crippen molar-refractivity contribution in [2.45, 2.75) is 93.0 Å². The first-order valence-corrected chi connectivity index (χ1v) is 18.3. The van der Waals surface area contributed by atoms with Gasteiger partial charge in [0.2, 0.25) is 12.7 Å². The van der Waals surface area contributed by atoms with Crippen molar-refractivity contribution in [2.75, 3.05) is 67.0 Å². The van der Waals surface area contributed by atoms with Crippen molar-refractivity contribution in [3.05, 3.63) is 0 Å². The maximum atomic E-state index is 15.1. The van der Waals surface area contributed by atoms with Crippen molar-refractivity contribution in [2.24, 2.45) is 5.73 Å². The zero-order valence-electron chi connectivity index (χ0n) is 27.9. The molecule has 26 heteroatoms. The van der Waals surface area contributed by atoms with Gasteiger partial charge in [-0.3, -0.25) is 18.1 Å². The number of rotatable bonds is 32. The molecule has 51 heavy (non-hydrogen) atoms. The topological polar surface area (TPSA) is 357 Å². The fourth-order valence-electron chi connectivity index (χ4n) is 3.74. The molecule has 0 bridgehead atoms. The van der Waals surface area contributed by atoms with Gasteiger partial charge in [-0.1, -0.05) is 0 Å². The quantitative estimate of drug-likeness (QED) is 0.0227. The van der Waals surface area contributed by atoms with Gasteiger partial charge in [0.05, 0.1) is 46.2 Å². The molecule has 0 aromatic heterocycles. The molecule has 0 heterocycles. The highest BCUT2D eigenvalue weighted by atomic mass is 31.2. The summed E-state index contributed by atoms with van der Waals surface area (Å²) in [6.07, 6.45) is -24.0. The molecular formula is C25H53F2NO21P2. The molecule has 0 spiro atoms. The Balaban J connectivity index is 5.12. The van der Waals surface area contributed by atoms with Gasteiger partial charge in [-0.2, -0.15) is 0 Å². The number of phosphoric acid groups is 2. The van der Waals surface area contributed by atoms with Gasteiger partial charge in [-0.25, -0.2) is 17.9 Å². The Morgan fingerprint density at radius 3 is 1.51 bits per heavy atom. The Bertz CT molecular complexity index is 991. The van der Waals surface area contributed by atoms with E-state index in [-0.39, 0.29) is 6.61 Å². The van der Waals surface area contributed by atoms with E-state index in [4.69, 9.17) is 24.8 Å². The monoisotopic (exact) mass is 803 g/mol. The average Bonchev–Trinajstić information content (AvgIpc) is 3.10. The molecule has 0 rings (SSSR count). The zero-order chi connectivity index (χ0) is 39.4. The van der Waals surface area contributed by atoms with Crippen LogP contribution in [0.25, 0.3) is 0 Å². The molecule has 0 aliphatic rings. The molecule has 0 aromatic carbocycles. The Hall–Kier alpha value is -0.480. The van der Waals surface area contributed by atoms with E-state index in [1.807, 2.05) is 0 Å². The lowest BCUT2D eigenvalue weighted by atomic mass is 10.1. The van der Waals surface area contributed by atoms with Crippen molar-refractivity contribution in [3.8, 4) is 0 Å². The normalized spacial score (nSPS) is 22.0. The van der Waals surface area contributed by atoms with Crippen LogP contribution in [0.5, 0.6) is 0 Å². The van der Waals surface area contributed by atoms with Crippen LogP contribution in [0.1, 0.15) is 19.3 Å². The first-order chi connectivity index (χ1) is 23.8. The number of hydrogen-bond acceptors (Lipinski definition) is 20. The van der Waals surface area contributed by atoms with Crippen LogP contribution in [0.2, 0.25) is 0 Å². The van der Waals surface area contributed by atoms with Gasteiger partial charge in [0, 0.05) is 14.2 Å². The highest BCUT2D eigenvalue weighted by Gasteiger charge is 2.41. The van der Waals surface area contributed by atoms with Gasteiger partial charge in [-0.05, 0) is 25.8 Å². The molecule has 13 N–H and O–H groups in total. The van der Waals surface area contributed by atoms with E-state index in [2.05, 4.69) is 23.0 Å². The van der Waals surface area contributed by atoms with Crippen molar-refractivity contribution in [1.82, 2.24) is 0 Å². The minimum atomic E-state index is -5.45. The van der Waals surface area contributed by atoms with Gasteiger partial charge in [0.25, 0.3) is 0 Å². The lowest BCUT2D eigenvalue weighted by molar-refractivity contribution is -0.185. The molecule has 0 radical (unpaired) electrons. The first kappa shape index (κ1) is 50.5. The Morgan fingerprint density at radius 2 is 1.06 bits per heavy atom. The molecular weight excluding hydrogens is 750 g/mol. The molecule has 14 atom stereocenters. The Labute approximate surface area is 292 Å². The van der Waals surface area contributed by atoms with Crippen LogP contribution in [0, 0.1) is 0 Å². The van der Waals surface area contributed by atoms with E-state index >= 15 is 4.39 Å². The Morgan fingerprint density at radius 1 is 0.608 bits per heavy atom. The van der Waals surface area contributed by atoms with Gasteiger partial charge >= 0.3 is 15.6 Å². The maximum absolute atomic E-state index is 15.1. The minimum absolute atomic E-state index is 0.175. The molecule has 308 valence electrons. The molecule has 0 aliphatic carbocycles. The molecule has 0 aromatic rings. The number of aliphatic hydroxyl groups is 9. The van der Waals surface area contributed by atoms with Crippen LogP contribution < -0.4 is 5.73 Å². The highest BCUT2D eigenvalue weighted by Crippen LogP contribution is 2.46. The second-order valence-corrected chi connectivity index (χ2v) is 13.7. The summed E-state index contributed by atoms with van der Waals surface area (Å²) in [7, 11) is -8.12. The fourth-order valence-corrected chi connectivity index (χ4v) is 5.45. The number of alkyl halides is 2. The number of ether oxygens (including phenoxy) is 4. The third-order valence-electron chi connectivity index (χ3n) is 6.84. The molecule has 14 unspecified atom stereocenters. The van der Waals surface area contributed by atoms with E-state index in [0.29, 0.717) is 25.8 Å². The van der Waals surface area contributed by atoms with E-state index in [1.165, 1.54) is 0 Å². The molecule has 0 amide bonds. The van der Waals surface area contributed by atoms with Crippen LogP contribution in [-0.4, -0.2) is 197 Å². The molecule has 0 aliphatic heterocycles. The van der Waals surface area contributed by atoms with Crippen LogP contribution in [0.15, 0.2) is 0 Å². The summed E-state index contributed by atoms with van der Waals surface area (Å²) in [5, 5.41) is 88.6. The number of unbranched alkanes of at least 4 members (excludes halogenated alkanes) is 2. The fraction of sp³-hybridized carbons (Fsp3) is 1.00. The van der Waals surface area contributed by atoms with E-state index in [0.717, 1.165) is 14.2 Å². The standard InChI is InChI=1S/C25H53F2NO21P2/c1-42-18(8-29)22(37)24(26)44-10-14(31)20(35)17(34)13-48-51(40,41)49-23(19(9-30)43-2)25(27)45-11-15(32)21(36)16(33)12-47-50(38,39)46-7-5-3-4-6-28/h14-25,29-37H,3-13,28H2,1-2H3,(H,38,39)(H,40,41). The van der Waals surface area contributed by atoms with Crippen LogP contribution in [-0.2, 0) is 46.2 Å². The third kappa shape index (κ3) is 20.1. The SMILES string of the molecule is COC(CO)C(O)C(F)OCC(O)C(O)C(O)COP(=O)(O)OC(C(F)OCC(O)C(O)C(O)COP(=O)(O)OCCCCCN)C(CO)OC. The summed E-state index contributed by atoms with van der Waals surface area (Å²) in [6, 6.07) is 0. The van der Waals surface area contributed by atoms with E-state index in [1.54, 1.807) is 0 Å². The largest absolute Gasteiger partial charge is 0.472 e. The molecule has 0 saturated carbocycles. The summed E-state index contributed by atoms with van der Waals surface area (Å²) in [6.45, 7) is -6.10. The predicted molar refractivity (Wildman–Crippen MR) is 165 cm³/mol. The summed E-state index contributed by atoms with van der Waals surface area (Å²) >= 11 is 0. The van der Waals surface area contributed by atoms with Gasteiger partial charge in [0.1, 0.15) is 54.9 Å². The number of phosphoric ester groups is 2. The average molecular weight is 804 g/mol. The summed E-state index contributed by atoms with van der Waals surface area (Å²) in [4.78, 5) is 19.8. The van der Waals surface area contributed by atoms with E-state index in [9.17, 15) is 64.2 Å².